The predicted molar refractivity (Wildman–Crippen MR) is 69.3 cm³/mol. The van der Waals surface area contributed by atoms with Crippen LogP contribution in [-0.2, 0) is 9.47 Å². The van der Waals surface area contributed by atoms with E-state index in [-0.39, 0.29) is 11.6 Å². The number of ether oxygens (including phenoxy) is 3. The average molecular weight is 262 g/mol. The van der Waals surface area contributed by atoms with E-state index >= 15 is 0 Å². The molecule has 1 aromatic carbocycles. The lowest BCUT2D eigenvalue weighted by atomic mass is 9.89. The maximum absolute atomic E-state index is 11.3. The molecule has 102 valence electrons. The van der Waals surface area contributed by atoms with Crippen molar-refractivity contribution in [2.24, 2.45) is 0 Å². The number of carbonyl (C=O) groups is 1. The molecule has 2 saturated heterocycles. The number of fused-ring (bicyclic) bond motifs is 2. The zero-order chi connectivity index (χ0) is 13.3. The van der Waals surface area contributed by atoms with Gasteiger partial charge in [-0.3, -0.25) is 0 Å². The largest absolute Gasteiger partial charge is 0.491 e. The molecule has 0 saturated carbocycles. The molecule has 1 aromatic rings. The molecule has 0 N–H and O–H groups in total. The van der Waals surface area contributed by atoms with E-state index in [1.165, 1.54) is 7.11 Å². The molecule has 2 aliphatic rings. The molecule has 0 aromatic heterocycles. The lowest BCUT2D eigenvalue weighted by Gasteiger charge is -2.24. The second kappa shape index (κ2) is 4.85. The highest BCUT2D eigenvalue weighted by Gasteiger charge is 2.46. The number of carbonyl (C=O) groups excluding carboxylic acids is 1. The molecule has 0 radical (unpaired) electrons. The second-order valence-electron chi connectivity index (χ2n) is 5.30. The molecule has 0 unspecified atom stereocenters. The first-order valence-corrected chi connectivity index (χ1v) is 6.70. The van der Waals surface area contributed by atoms with Gasteiger partial charge in [-0.15, -0.1) is 0 Å². The molecule has 0 atom stereocenters. The Hall–Kier alpha value is -1.55. The molecule has 19 heavy (non-hydrogen) atoms. The van der Waals surface area contributed by atoms with Crippen LogP contribution in [-0.4, -0.2) is 31.4 Å². The monoisotopic (exact) mass is 262 g/mol. The molecule has 2 heterocycles. The maximum atomic E-state index is 11.3. The highest BCUT2D eigenvalue weighted by molar-refractivity contribution is 5.89. The van der Waals surface area contributed by atoms with Gasteiger partial charge in [0.15, 0.2) is 0 Å². The van der Waals surface area contributed by atoms with Crippen LogP contribution in [0.25, 0.3) is 0 Å². The molecule has 2 bridgehead atoms. The SMILES string of the molecule is COC(=O)c1ccc(OCC23CCC(CC2)O3)cc1. The van der Waals surface area contributed by atoms with E-state index < -0.39 is 0 Å². The number of esters is 1. The van der Waals surface area contributed by atoms with Gasteiger partial charge in [-0.1, -0.05) is 0 Å². The minimum atomic E-state index is -0.331. The van der Waals surface area contributed by atoms with Crippen molar-refractivity contribution in [3.05, 3.63) is 29.8 Å². The van der Waals surface area contributed by atoms with E-state index in [0.29, 0.717) is 18.3 Å². The van der Waals surface area contributed by atoms with Gasteiger partial charge in [-0.2, -0.15) is 0 Å². The molecule has 2 aliphatic heterocycles. The van der Waals surface area contributed by atoms with Gasteiger partial charge >= 0.3 is 5.97 Å². The summed E-state index contributed by atoms with van der Waals surface area (Å²) in [5.74, 6) is 0.434. The topological polar surface area (TPSA) is 44.8 Å². The summed E-state index contributed by atoms with van der Waals surface area (Å²) in [6.07, 6.45) is 4.95. The first kappa shape index (κ1) is 12.5. The van der Waals surface area contributed by atoms with Gasteiger partial charge in [0, 0.05) is 0 Å². The molecular weight excluding hydrogens is 244 g/mol. The van der Waals surface area contributed by atoms with Crippen molar-refractivity contribution in [3.63, 3.8) is 0 Å². The standard InChI is InChI=1S/C15H18O4/c1-17-14(16)11-2-4-12(5-3-11)18-10-15-8-6-13(19-15)7-9-15/h2-5,13H,6-10H2,1H3. The van der Waals surface area contributed by atoms with Crippen LogP contribution in [0.2, 0.25) is 0 Å². The summed E-state index contributed by atoms with van der Waals surface area (Å²) in [6, 6.07) is 7.02. The van der Waals surface area contributed by atoms with Crippen molar-refractivity contribution in [2.45, 2.75) is 37.4 Å². The van der Waals surface area contributed by atoms with Crippen molar-refractivity contribution in [1.29, 1.82) is 0 Å². The Morgan fingerprint density at radius 3 is 2.53 bits per heavy atom. The lowest BCUT2D eigenvalue weighted by molar-refractivity contribution is -0.0198. The van der Waals surface area contributed by atoms with Crippen LogP contribution in [0.15, 0.2) is 24.3 Å². The Bertz CT molecular complexity index is 458. The van der Waals surface area contributed by atoms with E-state index in [2.05, 4.69) is 4.74 Å². The van der Waals surface area contributed by atoms with Gasteiger partial charge in [0.2, 0.25) is 0 Å². The number of hydrogen-bond acceptors (Lipinski definition) is 4. The van der Waals surface area contributed by atoms with Crippen LogP contribution >= 0.6 is 0 Å². The summed E-state index contributed by atoms with van der Waals surface area (Å²) in [5, 5.41) is 0. The smallest absolute Gasteiger partial charge is 0.337 e. The summed E-state index contributed by atoms with van der Waals surface area (Å²) >= 11 is 0. The molecule has 0 aliphatic carbocycles. The normalized spacial score (nSPS) is 28.4. The molecule has 4 heteroatoms. The number of hydrogen-bond donors (Lipinski definition) is 0. The van der Waals surface area contributed by atoms with Crippen molar-refractivity contribution in [2.75, 3.05) is 13.7 Å². The summed E-state index contributed by atoms with van der Waals surface area (Å²) in [5.41, 5.74) is 0.470. The Kier molecular flexibility index (Phi) is 3.19. The quantitative estimate of drug-likeness (QED) is 0.782. The fourth-order valence-corrected chi connectivity index (χ4v) is 2.90. The van der Waals surface area contributed by atoms with Crippen molar-refractivity contribution >= 4 is 5.97 Å². The number of methoxy groups -OCH3 is 1. The molecular formula is C15H18O4. The number of rotatable bonds is 4. The van der Waals surface area contributed by atoms with Crippen LogP contribution in [0.5, 0.6) is 5.75 Å². The first-order valence-electron chi connectivity index (χ1n) is 6.70. The van der Waals surface area contributed by atoms with E-state index in [9.17, 15) is 4.79 Å². The van der Waals surface area contributed by atoms with Gasteiger partial charge in [0.05, 0.1) is 18.8 Å². The average Bonchev–Trinajstić information content (AvgIpc) is 3.06. The lowest BCUT2D eigenvalue weighted by Crippen LogP contribution is -2.32. The molecule has 3 rings (SSSR count). The minimum absolute atomic E-state index is 0.0638. The van der Waals surface area contributed by atoms with Crippen LogP contribution < -0.4 is 4.74 Å². The second-order valence-corrected chi connectivity index (χ2v) is 5.30. The Morgan fingerprint density at radius 2 is 2.00 bits per heavy atom. The maximum Gasteiger partial charge on any atom is 0.337 e. The van der Waals surface area contributed by atoms with Crippen molar-refractivity contribution < 1.29 is 19.0 Å². The summed E-state index contributed by atoms with van der Waals surface area (Å²) in [4.78, 5) is 11.3. The summed E-state index contributed by atoms with van der Waals surface area (Å²) in [7, 11) is 1.37. The Labute approximate surface area is 112 Å². The fraction of sp³-hybridized carbons (Fsp3) is 0.533. The summed E-state index contributed by atoms with van der Waals surface area (Å²) < 4.78 is 16.4. The highest BCUT2D eigenvalue weighted by atomic mass is 16.6. The molecule has 2 fully saturated rings. The van der Waals surface area contributed by atoms with E-state index in [1.54, 1.807) is 24.3 Å². The fourth-order valence-electron chi connectivity index (χ4n) is 2.90. The number of benzene rings is 1. The third-order valence-corrected chi connectivity index (χ3v) is 4.04. The van der Waals surface area contributed by atoms with Crippen molar-refractivity contribution in [1.82, 2.24) is 0 Å². The van der Waals surface area contributed by atoms with Crippen LogP contribution in [0.1, 0.15) is 36.0 Å². The van der Waals surface area contributed by atoms with Gasteiger partial charge in [0.1, 0.15) is 18.0 Å². The molecule has 4 nitrogen and oxygen atoms in total. The van der Waals surface area contributed by atoms with Crippen LogP contribution in [0, 0.1) is 0 Å². The third kappa shape index (κ3) is 2.45. The van der Waals surface area contributed by atoms with E-state index in [0.717, 1.165) is 31.4 Å². The van der Waals surface area contributed by atoms with Crippen molar-refractivity contribution in [3.8, 4) is 5.75 Å². The third-order valence-electron chi connectivity index (χ3n) is 4.04. The summed E-state index contributed by atoms with van der Waals surface area (Å²) in [6.45, 7) is 0.598. The van der Waals surface area contributed by atoms with Gasteiger partial charge < -0.3 is 14.2 Å². The minimum Gasteiger partial charge on any atom is -0.491 e. The van der Waals surface area contributed by atoms with Gasteiger partial charge in [0.25, 0.3) is 0 Å². The predicted octanol–water partition coefficient (Wildman–Crippen LogP) is 2.56. The molecule has 0 amide bonds. The van der Waals surface area contributed by atoms with Crippen LogP contribution in [0.4, 0.5) is 0 Å². The zero-order valence-corrected chi connectivity index (χ0v) is 11.1. The molecule has 0 spiro atoms. The van der Waals surface area contributed by atoms with E-state index in [4.69, 9.17) is 9.47 Å². The Balaban J connectivity index is 1.60. The highest BCUT2D eigenvalue weighted by Crippen LogP contribution is 2.43. The first-order chi connectivity index (χ1) is 9.21. The van der Waals surface area contributed by atoms with Crippen LogP contribution in [0.3, 0.4) is 0 Å². The van der Waals surface area contributed by atoms with Gasteiger partial charge in [-0.05, 0) is 49.9 Å². The zero-order valence-electron chi connectivity index (χ0n) is 11.1. The Morgan fingerprint density at radius 1 is 1.32 bits per heavy atom. The van der Waals surface area contributed by atoms with Gasteiger partial charge in [-0.25, -0.2) is 4.79 Å². The van der Waals surface area contributed by atoms with E-state index in [1.807, 2.05) is 0 Å².